The van der Waals surface area contributed by atoms with E-state index in [0.717, 1.165) is 0 Å². The Kier molecular flexibility index (Phi) is 334. The van der Waals surface area contributed by atoms with E-state index in [9.17, 15) is 0 Å². The maximum absolute atomic E-state index is 8.70. The quantitative estimate of drug-likeness (QED) is 0.283. The Hall–Kier alpha value is 1.11. The van der Waals surface area contributed by atoms with Gasteiger partial charge in [-0.25, -0.2) is 0 Å². The first-order chi connectivity index (χ1) is 1.73. The molecule has 10 heavy (non-hydrogen) atoms. The summed E-state index contributed by atoms with van der Waals surface area (Å²) in [5, 5.41) is 0. The first kappa shape index (κ1) is 67.2. The summed E-state index contributed by atoms with van der Waals surface area (Å²) in [5.41, 5.74) is 0. The van der Waals surface area contributed by atoms with Crippen LogP contribution in [0, 0.1) is 0 Å². The van der Waals surface area contributed by atoms with Gasteiger partial charge in [0.25, 0.3) is 0 Å². The van der Waals surface area contributed by atoms with Gasteiger partial charge in [-0.15, -0.1) is 0 Å². The molecule has 0 unspecified atom stereocenters. The average molecular weight is 194 g/mol. The molecule has 0 radical (unpaired) electrons. The van der Waals surface area contributed by atoms with Gasteiger partial charge in [-0.05, 0) is 0 Å². The predicted molar refractivity (Wildman–Crippen MR) is 29.4 cm³/mol. The Morgan fingerprint density at radius 2 is 0.800 bits per heavy atom. The summed E-state index contributed by atoms with van der Waals surface area (Å²) in [7, 11) is -2.87. The zero-order valence-electron chi connectivity index (χ0n) is 5.25. The van der Waals surface area contributed by atoms with E-state index in [0.29, 0.717) is 0 Å². The first-order valence-electron chi connectivity index (χ1n) is 0.583. The average Bonchev–Trinajstić information content (AvgIpc) is 0.811. The van der Waals surface area contributed by atoms with E-state index in [-0.39, 0.29) is 56.9 Å². The molecular weight excluding hydrogens is 182 g/mol. The van der Waals surface area contributed by atoms with Crippen LogP contribution in [0.3, 0.4) is 0 Å². The van der Waals surface area contributed by atoms with Gasteiger partial charge in [-0.2, -0.15) is 0 Å². The largest absolute Gasteiger partial charge is 1.00 e. The van der Waals surface area contributed by atoms with E-state index in [1.165, 1.54) is 0 Å². The second-order valence-corrected chi connectivity index (χ2v) is 0.758. The number of hydrogen-bond donors (Lipinski definition) is 2. The van der Waals surface area contributed by atoms with Gasteiger partial charge >= 0.3 is 29.6 Å². The van der Waals surface area contributed by atoms with Gasteiger partial charge < -0.3 is 42.1 Å². The van der Waals surface area contributed by atoms with Crippen molar-refractivity contribution in [1.29, 1.82) is 0 Å². The molecule has 66 valence electrons. The third-order valence-electron chi connectivity index (χ3n) is 0. The summed E-state index contributed by atoms with van der Waals surface area (Å²) in [6, 6.07) is 0. The van der Waals surface area contributed by atoms with Crippen molar-refractivity contribution < 1.29 is 71.6 Å². The molecule has 0 aliphatic rings. The van der Waals surface area contributed by atoms with E-state index < -0.39 is 8.60 Å². The first-order valence-corrected chi connectivity index (χ1v) is 1.75. The fourth-order valence-electron chi connectivity index (χ4n) is 0. The molecule has 0 spiro atoms. The minimum absolute atomic E-state index is 0. The van der Waals surface area contributed by atoms with Gasteiger partial charge in [0, 0.05) is 0 Å². The van der Waals surface area contributed by atoms with Crippen molar-refractivity contribution in [2.75, 3.05) is 0 Å². The normalized spacial score (nSPS) is 3.60. The molecule has 0 aliphatic carbocycles. The number of hydrogen-bond acceptors (Lipinski definition) is 3. The van der Waals surface area contributed by atoms with Gasteiger partial charge in [0.1, 0.15) is 0 Å². The predicted octanol–water partition coefficient (Wildman–Crippen LogP) is -8.56. The summed E-state index contributed by atoms with van der Waals surface area (Å²) in [6.45, 7) is 0. The van der Waals surface area contributed by atoms with E-state index in [2.05, 4.69) is 0 Å². The van der Waals surface area contributed by atoms with Crippen LogP contribution < -0.4 is 34.5 Å². The van der Waals surface area contributed by atoms with Crippen LogP contribution in [0.4, 0.5) is 0 Å². The molecule has 12 N–H and O–H groups in total. The van der Waals surface area contributed by atoms with Crippen LogP contribution in [0.1, 0.15) is 0 Å². The van der Waals surface area contributed by atoms with E-state index in [1.54, 1.807) is 0 Å². The second kappa shape index (κ2) is 49.7. The van der Waals surface area contributed by atoms with Crippen LogP contribution >= 0.6 is 8.60 Å². The van der Waals surface area contributed by atoms with Gasteiger partial charge in [-0.3, -0.25) is 0 Å². The van der Waals surface area contributed by atoms with Crippen molar-refractivity contribution in [2.45, 2.75) is 0 Å². The molecule has 0 aromatic heterocycles. The summed E-state index contributed by atoms with van der Waals surface area (Å²) >= 11 is 0. The minimum Gasteiger partial charge on any atom is -0.786 e. The standard InChI is InChI=1S/Na.H2O3P.5H2O/c;1-4(2)3;;;;;/h;1-2H;5*1H2/q+1;-1;;;;;. The van der Waals surface area contributed by atoms with Crippen molar-refractivity contribution in [1.82, 2.24) is 0 Å². The van der Waals surface area contributed by atoms with Crippen molar-refractivity contribution in [3.05, 3.63) is 0 Å². The van der Waals surface area contributed by atoms with E-state index in [1.807, 2.05) is 0 Å². The molecular formula is H12NaO8P. The Labute approximate surface area is 80.3 Å². The summed E-state index contributed by atoms with van der Waals surface area (Å²) in [6.07, 6.45) is 0. The van der Waals surface area contributed by atoms with Crippen molar-refractivity contribution >= 4 is 8.60 Å². The van der Waals surface area contributed by atoms with Gasteiger partial charge in [-0.1, -0.05) is 0 Å². The smallest absolute Gasteiger partial charge is 0.786 e. The topological polar surface area (TPSA) is 221 Å². The molecule has 0 rings (SSSR count). The summed E-state index contributed by atoms with van der Waals surface area (Å²) < 4.78 is 0. The fraction of sp³-hybridized carbons (Fsp3) is 0. The van der Waals surface area contributed by atoms with Gasteiger partial charge in [0.15, 0.2) is 0 Å². The van der Waals surface area contributed by atoms with Crippen molar-refractivity contribution in [3.63, 3.8) is 0 Å². The van der Waals surface area contributed by atoms with Crippen LogP contribution in [0.5, 0.6) is 0 Å². The molecule has 10 heteroatoms. The Morgan fingerprint density at radius 1 is 0.800 bits per heavy atom. The van der Waals surface area contributed by atoms with E-state index in [4.69, 9.17) is 14.7 Å². The molecule has 8 nitrogen and oxygen atoms in total. The molecule has 0 saturated heterocycles. The van der Waals surface area contributed by atoms with E-state index >= 15 is 0 Å². The van der Waals surface area contributed by atoms with Crippen LogP contribution in [-0.2, 0) is 0 Å². The molecule has 0 aromatic rings. The summed E-state index contributed by atoms with van der Waals surface area (Å²) in [4.78, 5) is 22.9. The minimum atomic E-state index is -2.87. The van der Waals surface area contributed by atoms with Crippen molar-refractivity contribution in [3.8, 4) is 0 Å². The van der Waals surface area contributed by atoms with Crippen LogP contribution in [0.15, 0.2) is 0 Å². The van der Waals surface area contributed by atoms with Crippen LogP contribution in [0.25, 0.3) is 0 Å². The molecule has 0 atom stereocenters. The van der Waals surface area contributed by atoms with Crippen molar-refractivity contribution in [2.24, 2.45) is 0 Å². The molecule has 0 amide bonds. The molecule has 0 saturated carbocycles. The van der Waals surface area contributed by atoms with Gasteiger partial charge in [0.05, 0.1) is 8.60 Å². The number of rotatable bonds is 0. The van der Waals surface area contributed by atoms with Gasteiger partial charge in [0.2, 0.25) is 0 Å². The Balaban J connectivity index is -0.00000000300. The Bertz CT molecular complexity index is 14.0. The maximum atomic E-state index is 8.70. The third-order valence-corrected chi connectivity index (χ3v) is 0. The zero-order valence-corrected chi connectivity index (χ0v) is 8.14. The summed E-state index contributed by atoms with van der Waals surface area (Å²) in [5.74, 6) is 0. The Morgan fingerprint density at radius 3 is 0.800 bits per heavy atom. The molecule has 0 aromatic carbocycles. The third kappa shape index (κ3) is 486. The fourth-order valence-corrected chi connectivity index (χ4v) is 0. The zero-order chi connectivity index (χ0) is 3.58. The molecule has 0 bridgehead atoms. The SMILES string of the molecule is O.O.O.O.O.[Na+].[O-]P(O)O. The maximum Gasteiger partial charge on any atom is 1.00 e. The molecule has 0 fully saturated rings. The molecule has 0 aliphatic heterocycles. The molecule has 0 heterocycles. The monoisotopic (exact) mass is 194 g/mol. The second-order valence-electron chi connectivity index (χ2n) is 0.253. The van der Waals surface area contributed by atoms with Crippen LogP contribution in [0.2, 0.25) is 0 Å². The van der Waals surface area contributed by atoms with Crippen LogP contribution in [-0.4, -0.2) is 37.2 Å².